The number of hydrogen-bond acceptors (Lipinski definition) is 4. The molecule has 0 bridgehead atoms. The van der Waals surface area contributed by atoms with Gasteiger partial charge in [-0.2, -0.15) is 5.26 Å². The van der Waals surface area contributed by atoms with Gasteiger partial charge >= 0.3 is 0 Å². The lowest BCUT2D eigenvalue weighted by Gasteiger charge is -2.16. The summed E-state index contributed by atoms with van der Waals surface area (Å²) >= 11 is 0. The number of anilines is 1. The zero-order valence-corrected chi connectivity index (χ0v) is 12.5. The van der Waals surface area contributed by atoms with E-state index in [-0.39, 0.29) is 6.04 Å². The van der Waals surface area contributed by atoms with Crippen LogP contribution in [0.5, 0.6) is 0 Å². The van der Waals surface area contributed by atoms with Gasteiger partial charge in [0.15, 0.2) is 0 Å². The summed E-state index contributed by atoms with van der Waals surface area (Å²) in [5.41, 5.74) is 3.80. The molecule has 0 saturated carbocycles. The minimum Gasteiger partial charge on any atom is -0.363 e. The van der Waals surface area contributed by atoms with Crippen molar-refractivity contribution in [3.63, 3.8) is 0 Å². The Hall–Kier alpha value is -2.93. The zero-order valence-electron chi connectivity index (χ0n) is 12.5. The van der Waals surface area contributed by atoms with E-state index < -0.39 is 0 Å². The first-order chi connectivity index (χ1) is 10.7. The summed E-state index contributed by atoms with van der Waals surface area (Å²) in [6, 6.07) is 15.9. The number of aromatic nitrogens is 2. The van der Waals surface area contributed by atoms with E-state index in [0.717, 1.165) is 27.8 Å². The van der Waals surface area contributed by atoms with Crippen LogP contribution in [0.3, 0.4) is 0 Å². The van der Waals surface area contributed by atoms with Crippen molar-refractivity contribution in [1.29, 1.82) is 5.26 Å². The summed E-state index contributed by atoms with van der Waals surface area (Å²) in [5.74, 6) is 0.809. The van der Waals surface area contributed by atoms with Crippen LogP contribution in [-0.2, 0) is 0 Å². The Balaban J connectivity index is 1.96. The van der Waals surface area contributed by atoms with Crippen molar-refractivity contribution < 1.29 is 0 Å². The number of benzene rings is 2. The third kappa shape index (κ3) is 2.61. The van der Waals surface area contributed by atoms with E-state index in [1.165, 1.54) is 0 Å². The van der Waals surface area contributed by atoms with Gasteiger partial charge in [0.05, 0.1) is 23.2 Å². The number of rotatable bonds is 3. The lowest BCUT2D eigenvalue weighted by molar-refractivity contribution is 0.875. The van der Waals surface area contributed by atoms with E-state index >= 15 is 0 Å². The first-order valence-corrected chi connectivity index (χ1v) is 7.16. The maximum absolute atomic E-state index is 9.01. The molecule has 0 unspecified atom stereocenters. The SMILES string of the molecule is Cc1cccc2c(N[C@H](C)c3cccc(C#N)c3)ncnc12. The number of aryl methyl sites for hydroxylation is 1. The predicted octanol–water partition coefficient (Wildman–Crippen LogP) is 3.98. The van der Waals surface area contributed by atoms with Crippen LogP contribution >= 0.6 is 0 Å². The van der Waals surface area contributed by atoms with E-state index in [2.05, 4.69) is 28.3 Å². The quantitative estimate of drug-likeness (QED) is 0.791. The molecule has 0 fully saturated rings. The van der Waals surface area contributed by atoms with Gasteiger partial charge in [-0.25, -0.2) is 9.97 Å². The van der Waals surface area contributed by atoms with Gasteiger partial charge in [0, 0.05) is 5.39 Å². The van der Waals surface area contributed by atoms with Gasteiger partial charge < -0.3 is 5.32 Å². The van der Waals surface area contributed by atoms with E-state index in [1.54, 1.807) is 12.4 Å². The van der Waals surface area contributed by atoms with E-state index in [4.69, 9.17) is 5.26 Å². The van der Waals surface area contributed by atoms with Gasteiger partial charge in [-0.3, -0.25) is 0 Å². The highest BCUT2D eigenvalue weighted by Crippen LogP contribution is 2.25. The Morgan fingerprint density at radius 3 is 2.77 bits per heavy atom. The highest BCUT2D eigenvalue weighted by Gasteiger charge is 2.10. The third-order valence-corrected chi connectivity index (χ3v) is 3.74. The Labute approximate surface area is 129 Å². The van der Waals surface area contributed by atoms with Crippen molar-refractivity contribution in [2.45, 2.75) is 19.9 Å². The average molecular weight is 288 g/mol. The minimum atomic E-state index is 0.0481. The fourth-order valence-corrected chi connectivity index (χ4v) is 2.52. The molecule has 1 atom stereocenters. The highest BCUT2D eigenvalue weighted by molar-refractivity contribution is 5.90. The number of nitrogens with one attached hydrogen (secondary N) is 1. The minimum absolute atomic E-state index is 0.0481. The number of fused-ring (bicyclic) bond motifs is 1. The zero-order chi connectivity index (χ0) is 15.5. The summed E-state index contributed by atoms with van der Waals surface area (Å²) in [5, 5.41) is 13.4. The molecule has 1 aromatic heterocycles. The molecule has 0 radical (unpaired) electrons. The molecule has 1 heterocycles. The summed E-state index contributed by atoms with van der Waals surface area (Å²) in [6.07, 6.45) is 1.58. The Morgan fingerprint density at radius 1 is 1.14 bits per heavy atom. The molecular formula is C18H16N4. The Bertz CT molecular complexity index is 864. The molecule has 4 nitrogen and oxygen atoms in total. The molecular weight excluding hydrogens is 272 g/mol. The summed E-state index contributed by atoms with van der Waals surface area (Å²) in [4.78, 5) is 8.72. The molecule has 0 spiro atoms. The second kappa shape index (κ2) is 5.82. The normalized spacial score (nSPS) is 11.9. The highest BCUT2D eigenvalue weighted by atomic mass is 15.0. The molecule has 4 heteroatoms. The monoisotopic (exact) mass is 288 g/mol. The van der Waals surface area contributed by atoms with E-state index in [1.807, 2.05) is 43.3 Å². The fraction of sp³-hybridized carbons (Fsp3) is 0.167. The van der Waals surface area contributed by atoms with Crippen molar-refractivity contribution in [3.8, 4) is 6.07 Å². The summed E-state index contributed by atoms with van der Waals surface area (Å²) in [6.45, 7) is 4.10. The molecule has 3 rings (SSSR count). The molecule has 0 aliphatic rings. The molecule has 2 aromatic carbocycles. The van der Waals surface area contributed by atoms with Crippen LogP contribution in [0.15, 0.2) is 48.8 Å². The van der Waals surface area contributed by atoms with Gasteiger partial charge in [-0.05, 0) is 43.2 Å². The second-order valence-electron chi connectivity index (χ2n) is 5.30. The second-order valence-corrected chi connectivity index (χ2v) is 5.30. The van der Waals surface area contributed by atoms with Crippen LogP contribution < -0.4 is 5.32 Å². The maximum atomic E-state index is 9.01. The van der Waals surface area contributed by atoms with Crippen molar-refractivity contribution >= 4 is 16.7 Å². The van der Waals surface area contributed by atoms with Crippen molar-refractivity contribution in [1.82, 2.24) is 9.97 Å². The smallest absolute Gasteiger partial charge is 0.137 e. The number of nitrogens with zero attached hydrogens (tertiary/aromatic N) is 3. The van der Waals surface area contributed by atoms with Gasteiger partial charge in [0.1, 0.15) is 12.1 Å². The largest absolute Gasteiger partial charge is 0.363 e. The van der Waals surface area contributed by atoms with Crippen LogP contribution in [0.2, 0.25) is 0 Å². The topological polar surface area (TPSA) is 61.6 Å². The number of hydrogen-bond donors (Lipinski definition) is 1. The summed E-state index contributed by atoms with van der Waals surface area (Å²) < 4.78 is 0. The average Bonchev–Trinajstić information content (AvgIpc) is 2.56. The molecule has 3 aromatic rings. The van der Waals surface area contributed by atoms with Crippen LogP contribution in [0, 0.1) is 18.3 Å². The Morgan fingerprint density at radius 2 is 1.95 bits per heavy atom. The van der Waals surface area contributed by atoms with E-state index in [0.29, 0.717) is 5.56 Å². The van der Waals surface area contributed by atoms with Crippen LogP contribution in [0.1, 0.15) is 29.7 Å². The Kier molecular flexibility index (Phi) is 3.71. The van der Waals surface area contributed by atoms with Crippen molar-refractivity contribution in [3.05, 3.63) is 65.5 Å². The first-order valence-electron chi connectivity index (χ1n) is 7.16. The predicted molar refractivity (Wildman–Crippen MR) is 87.5 cm³/mol. The first kappa shape index (κ1) is 14.0. The van der Waals surface area contributed by atoms with Gasteiger partial charge in [0.25, 0.3) is 0 Å². The fourth-order valence-electron chi connectivity index (χ4n) is 2.52. The van der Waals surface area contributed by atoms with Crippen molar-refractivity contribution in [2.24, 2.45) is 0 Å². The molecule has 0 saturated heterocycles. The molecule has 0 aliphatic heterocycles. The van der Waals surface area contributed by atoms with Gasteiger partial charge in [-0.15, -0.1) is 0 Å². The van der Waals surface area contributed by atoms with Gasteiger partial charge in [-0.1, -0.05) is 24.3 Å². The molecule has 1 N–H and O–H groups in total. The molecule has 22 heavy (non-hydrogen) atoms. The number of nitriles is 1. The van der Waals surface area contributed by atoms with Crippen molar-refractivity contribution in [2.75, 3.05) is 5.32 Å². The molecule has 0 aliphatic carbocycles. The lowest BCUT2D eigenvalue weighted by Crippen LogP contribution is -2.09. The van der Waals surface area contributed by atoms with Crippen LogP contribution in [0.4, 0.5) is 5.82 Å². The standard InChI is InChI=1S/C18H16N4/c1-12-5-3-8-16-17(12)20-11-21-18(16)22-13(2)15-7-4-6-14(9-15)10-19/h3-9,11,13H,1-2H3,(H,20,21,22)/t13-/m1/s1. The van der Waals surface area contributed by atoms with E-state index in [9.17, 15) is 0 Å². The summed E-state index contributed by atoms with van der Waals surface area (Å²) in [7, 11) is 0. The van der Waals surface area contributed by atoms with Crippen LogP contribution in [-0.4, -0.2) is 9.97 Å². The van der Waals surface area contributed by atoms with Crippen LogP contribution in [0.25, 0.3) is 10.9 Å². The van der Waals surface area contributed by atoms with Gasteiger partial charge in [0.2, 0.25) is 0 Å². The molecule has 108 valence electrons. The third-order valence-electron chi connectivity index (χ3n) is 3.74. The molecule has 0 amide bonds. The lowest BCUT2D eigenvalue weighted by atomic mass is 10.1. The maximum Gasteiger partial charge on any atom is 0.137 e. The number of para-hydroxylation sites is 1.